The third-order valence-electron chi connectivity index (χ3n) is 9.73. The molecule has 0 bridgehead atoms. The second-order valence-electron chi connectivity index (χ2n) is 12.3. The molecule has 11 atom stereocenters. The first-order chi connectivity index (χ1) is 20.5. The van der Waals surface area contributed by atoms with Gasteiger partial charge < -0.3 is 25.8 Å². The number of nitrogens with one attached hydrogen (secondary N) is 6. The van der Waals surface area contributed by atoms with Crippen molar-refractivity contribution in [3.63, 3.8) is 0 Å². The van der Waals surface area contributed by atoms with Crippen LogP contribution in [-0.4, -0.2) is 116 Å². The van der Waals surface area contributed by atoms with Crippen molar-refractivity contribution in [2.45, 2.75) is 86.4 Å². The molecule has 42 heavy (non-hydrogen) atoms. The fraction of sp³-hybridized carbons (Fsp3) is 0.846. The lowest BCUT2D eigenvalue weighted by Crippen LogP contribution is -2.77. The summed E-state index contributed by atoms with van der Waals surface area (Å²) in [5.74, 6) is -0.851. The second kappa shape index (κ2) is 12.5. The number of amides is 1. The van der Waals surface area contributed by atoms with Gasteiger partial charge in [0.15, 0.2) is 5.78 Å². The highest BCUT2D eigenvalue weighted by atomic mass is 32.2. The number of carbonyl (C=O) groups is 2. The van der Waals surface area contributed by atoms with Crippen LogP contribution in [0.1, 0.15) is 32.1 Å². The third kappa shape index (κ3) is 5.73. The van der Waals surface area contributed by atoms with Gasteiger partial charge in [0.1, 0.15) is 18.6 Å². The maximum atomic E-state index is 13.0. The van der Waals surface area contributed by atoms with E-state index >= 15 is 0 Å². The lowest BCUT2D eigenvalue weighted by Gasteiger charge is -2.48. The minimum absolute atomic E-state index is 0.00183. The van der Waals surface area contributed by atoms with Crippen molar-refractivity contribution in [1.82, 2.24) is 42.1 Å². The fourth-order valence-electron chi connectivity index (χ4n) is 7.45. The molecule has 15 nitrogen and oxygen atoms in total. The zero-order valence-corrected chi connectivity index (χ0v) is 24.5. The van der Waals surface area contributed by atoms with Gasteiger partial charge in [-0.3, -0.25) is 35.7 Å². The molecular weight excluding hydrogens is 564 g/mol. The van der Waals surface area contributed by atoms with Gasteiger partial charge >= 0.3 is 0 Å². The van der Waals surface area contributed by atoms with E-state index in [-0.39, 0.29) is 53.8 Å². The highest BCUT2D eigenvalue weighted by molar-refractivity contribution is 8.03. The SMILES string of the molecule is NC(=O)C1C(NC2CC(C3COC4C(=O)C=C(N5CCOCC5)SC43)NO2)NC(N[C@H]2CCCC[C@H]2N)N2NCNC12. The van der Waals surface area contributed by atoms with Crippen molar-refractivity contribution in [2.24, 2.45) is 23.3 Å². The summed E-state index contributed by atoms with van der Waals surface area (Å²) in [5, 5.41) is 17.2. The van der Waals surface area contributed by atoms with Gasteiger partial charge in [-0.15, -0.1) is 11.8 Å². The van der Waals surface area contributed by atoms with Gasteiger partial charge in [0.05, 0.1) is 55.0 Å². The number of hydroxylamine groups is 1. The number of ether oxygens (including phenoxy) is 2. The molecule has 7 rings (SSSR count). The number of carbonyl (C=O) groups excluding carboxylic acids is 2. The number of morpholine rings is 1. The highest BCUT2D eigenvalue weighted by Crippen LogP contribution is 2.43. The van der Waals surface area contributed by atoms with Crippen molar-refractivity contribution >= 4 is 23.5 Å². The first-order valence-electron chi connectivity index (χ1n) is 15.3. The maximum absolute atomic E-state index is 13.0. The molecule has 0 aromatic heterocycles. The Labute approximate surface area is 249 Å². The monoisotopic (exact) mass is 608 g/mol. The normalized spacial score (nSPS) is 44.6. The van der Waals surface area contributed by atoms with Gasteiger partial charge in [-0.05, 0) is 12.8 Å². The van der Waals surface area contributed by atoms with Crippen LogP contribution in [0.3, 0.4) is 0 Å². The largest absolute Gasteiger partial charge is 0.378 e. The molecule has 0 aromatic rings. The van der Waals surface area contributed by atoms with Crippen LogP contribution in [0.15, 0.2) is 11.1 Å². The van der Waals surface area contributed by atoms with Gasteiger partial charge in [-0.2, -0.15) is 10.5 Å². The minimum atomic E-state index is -0.562. The predicted molar refractivity (Wildman–Crippen MR) is 153 cm³/mol. The molecule has 1 aliphatic carbocycles. The average molecular weight is 609 g/mol. The molecular formula is C26H44N10O5S. The van der Waals surface area contributed by atoms with Gasteiger partial charge in [-0.25, -0.2) is 5.43 Å². The molecule has 7 aliphatic rings. The van der Waals surface area contributed by atoms with Crippen LogP contribution < -0.4 is 43.6 Å². The highest BCUT2D eigenvalue weighted by Gasteiger charge is 2.52. The Bertz CT molecular complexity index is 1050. The van der Waals surface area contributed by atoms with Crippen molar-refractivity contribution in [3.8, 4) is 0 Å². The van der Waals surface area contributed by atoms with Crippen LogP contribution in [0.5, 0.6) is 0 Å². The molecule has 0 radical (unpaired) electrons. The quantitative estimate of drug-likeness (QED) is 0.145. The van der Waals surface area contributed by atoms with Crippen molar-refractivity contribution in [2.75, 3.05) is 39.6 Å². The number of rotatable bonds is 7. The number of hydrazine groups is 1. The number of hydrogen-bond acceptors (Lipinski definition) is 15. The van der Waals surface area contributed by atoms with E-state index in [1.165, 1.54) is 0 Å². The van der Waals surface area contributed by atoms with Crippen LogP contribution in [0.2, 0.25) is 0 Å². The first kappa shape index (κ1) is 29.3. The lowest BCUT2D eigenvalue weighted by atomic mass is 9.90. The van der Waals surface area contributed by atoms with Gasteiger partial charge in [-0.1, -0.05) is 12.8 Å². The molecule has 9 unspecified atom stereocenters. The number of nitrogens with two attached hydrogens (primary N) is 2. The molecule has 5 saturated heterocycles. The molecule has 16 heteroatoms. The van der Waals surface area contributed by atoms with Crippen molar-refractivity contribution in [1.29, 1.82) is 0 Å². The van der Waals surface area contributed by atoms with Crippen LogP contribution in [0.4, 0.5) is 0 Å². The summed E-state index contributed by atoms with van der Waals surface area (Å²) < 4.78 is 11.5. The second-order valence-corrected chi connectivity index (χ2v) is 13.5. The zero-order chi connectivity index (χ0) is 28.8. The third-order valence-corrected chi connectivity index (χ3v) is 11.2. The summed E-state index contributed by atoms with van der Waals surface area (Å²) in [6, 6.07) is 0.231. The smallest absolute Gasteiger partial charge is 0.226 e. The summed E-state index contributed by atoms with van der Waals surface area (Å²) in [5.41, 5.74) is 18.9. The average Bonchev–Trinajstić information content (AvgIpc) is 3.75. The Balaban J connectivity index is 1.01. The van der Waals surface area contributed by atoms with Gasteiger partial charge in [0.2, 0.25) is 5.91 Å². The van der Waals surface area contributed by atoms with Crippen molar-refractivity contribution < 1.29 is 23.9 Å². The molecule has 6 fully saturated rings. The summed E-state index contributed by atoms with van der Waals surface area (Å²) >= 11 is 1.73. The molecule has 10 N–H and O–H groups in total. The maximum Gasteiger partial charge on any atom is 0.226 e. The van der Waals surface area contributed by atoms with E-state index in [0.29, 0.717) is 32.9 Å². The Morgan fingerprint density at radius 2 is 2.00 bits per heavy atom. The number of primary amides is 1. The molecule has 234 valence electrons. The van der Waals surface area contributed by atoms with Crippen LogP contribution in [0, 0.1) is 11.8 Å². The molecule has 0 spiro atoms. The van der Waals surface area contributed by atoms with E-state index < -0.39 is 24.1 Å². The summed E-state index contributed by atoms with van der Waals surface area (Å²) in [7, 11) is 0. The number of nitrogens with zero attached hydrogens (tertiary/aromatic N) is 2. The number of hydrogen-bond donors (Lipinski definition) is 8. The number of fused-ring (bicyclic) bond motifs is 2. The van der Waals surface area contributed by atoms with Crippen LogP contribution in [0.25, 0.3) is 0 Å². The number of ketones is 1. The molecule has 6 aliphatic heterocycles. The van der Waals surface area contributed by atoms with Crippen LogP contribution >= 0.6 is 11.8 Å². The van der Waals surface area contributed by atoms with Gasteiger partial charge in [0, 0.05) is 49.6 Å². The lowest BCUT2D eigenvalue weighted by molar-refractivity contribution is -0.134. The Kier molecular flexibility index (Phi) is 8.75. The van der Waals surface area contributed by atoms with Gasteiger partial charge in [0.25, 0.3) is 0 Å². The van der Waals surface area contributed by atoms with Crippen molar-refractivity contribution in [3.05, 3.63) is 11.1 Å². The Morgan fingerprint density at radius 1 is 1.17 bits per heavy atom. The topological polar surface area (TPSA) is 193 Å². The van der Waals surface area contributed by atoms with E-state index in [9.17, 15) is 9.59 Å². The molecule has 0 aromatic carbocycles. The Hall–Kier alpha value is -1.41. The fourth-order valence-corrected chi connectivity index (χ4v) is 9.02. The van der Waals surface area contributed by atoms with E-state index in [2.05, 4.69) is 37.1 Å². The molecule has 6 heterocycles. The minimum Gasteiger partial charge on any atom is -0.378 e. The summed E-state index contributed by atoms with van der Waals surface area (Å²) in [4.78, 5) is 34.0. The summed E-state index contributed by atoms with van der Waals surface area (Å²) in [6.45, 7) is 3.92. The number of thioether (sulfide) groups is 1. The predicted octanol–water partition coefficient (Wildman–Crippen LogP) is -3.06. The molecule has 1 amide bonds. The van der Waals surface area contributed by atoms with E-state index in [1.54, 1.807) is 17.8 Å². The van der Waals surface area contributed by atoms with E-state index in [1.807, 2.05) is 5.01 Å². The van der Waals surface area contributed by atoms with E-state index in [4.69, 9.17) is 25.8 Å². The first-order valence-corrected chi connectivity index (χ1v) is 16.2. The zero-order valence-electron chi connectivity index (χ0n) is 23.7. The Morgan fingerprint density at radius 3 is 2.81 bits per heavy atom. The standard InChI is InChI=1S/C26H44N10O5S/c27-14-3-1-2-4-15(14)31-26-33-24(20(23(28)38)25-29-12-30-36(25)26)32-18-9-16(34-41-18)13-11-40-21-17(37)10-19(42-22(13)21)35-5-7-39-8-6-35/h10,13-16,18,20-22,24-26,29-34H,1-9,11-12,27H2,(H2,28,38)/t13?,14-,15+,16?,18?,20?,21?,22?,24?,25?,26?/m1/s1. The van der Waals surface area contributed by atoms with E-state index in [0.717, 1.165) is 43.8 Å². The van der Waals surface area contributed by atoms with Crippen LogP contribution in [-0.2, 0) is 23.9 Å². The molecule has 1 saturated carbocycles. The summed E-state index contributed by atoms with van der Waals surface area (Å²) in [6.07, 6.45) is 4.85.